The van der Waals surface area contributed by atoms with E-state index < -0.39 is 16.2 Å². The molecule has 0 unspecified atom stereocenters. The van der Waals surface area contributed by atoms with Crippen molar-refractivity contribution in [3.63, 3.8) is 0 Å². The standard InChI is InChI=1S/C26H28N4O3S/c1-18-7-12-23(19(2)17-18)29-13-15-30(16-14-29)26(31)21-10-8-20(9-11-21)25-27-22-5-3-4-6-24(22)34(32,33)28-25/h3-12,17,25,27-28H,13-16H2,1-2H3/t25-/m1/s1. The fourth-order valence-electron chi connectivity index (χ4n) is 4.69. The number of carbonyl (C=O) groups excluding carboxylic acids is 1. The highest BCUT2D eigenvalue weighted by Gasteiger charge is 2.30. The van der Waals surface area contributed by atoms with E-state index in [0.717, 1.165) is 18.7 Å². The SMILES string of the molecule is Cc1ccc(N2CCN(C(=O)c3ccc([C@@H]4Nc5ccccc5S(=O)(=O)N4)cc3)CC2)c(C)c1. The lowest BCUT2D eigenvalue weighted by Crippen LogP contribution is -2.49. The highest BCUT2D eigenvalue weighted by Crippen LogP contribution is 2.31. The van der Waals surface area contributed by atoms with E-state index in [9.17, 15) is 13.2 Å². The molecule has 0 bridgehead atoms. The van der Waals surface area contributed by atoms with Gasteiger partial charge < -0.3 is 15.1 Å². The van der Waals surface area contributed by atoms with Crippen molar-refractivity contribution in [1.29, 1.82) is 0 Å². The summed E-state index contributed by atoms with van der Waals surface area (Å²) in [5, 5.41) is 3.22. The lowest BCUT2D eigenvalue weighted by molar-refractivity contribution is 0.0746. The zero-order valence-electron chi connectivity index (χ0n) is 19.3. The molecule has 3 aromatic carbocycles. The first kappa shape index (κ1) is 22.4. The molecule has 1 atom stereocenters. The summed E-state index contributed by atoms with van der Waals surface area (Å²) in [7, 11) is -3.61. The number of carbonyl (C=O) groups is 1. The maximum atomic E-state index is 13.1. The van der Waals surface area contributed by atoms with Gasteiger partial charge in [0, 0.05) is 37.4 Å². The van der Waals surface area contributed by atoms with Crippen LogP contribution in [0.3, 0.4) is 0 Å². The molecule has 0 saturated carbocycles. The van der Waals surface area contributed by atoms with Gasteiger partial charge in [-0.1, -0.05) is 42.0 Å². The summed E-state index contributed by atoms with van der Waals surface area (Å²) in [4.78, 5) is 17.5. The summed E-state index contributed by atoms with van der Waals surface area (Å²) < 4.78 is 27.8. The lowest BCUT2D eigenvalue weighted by atomic mass is 10.1. The van der Waals surface area contributed by atoms with Gasteiger partial charge in [0.1, 0.15) is 11.1 Å². The molecular formula is C26H28N4O3S. The Balaban J connectivity index is 1.25. The number of fused-ring (bicyclic) bond motifs is 1. The monoisotopic (exact) mass is 476 g/mol. The van der Waals surface area contributed by atoms with Crippen LogP contribution in [0.25, 0.3) is 0 Å². The van der Waals surface area contributed by atoms with Crippen LogP contribution in [0.4, 0.5) is 11.4 Å². The number of nitrogens with zero attached hydrogens (tertiary/aromatic N) is 2. The van der Waals surface area contributed by atoms with Crippen LogP contribution in [0.2, 0.25) is 0 Å². The van der Waals surface area contributed by atoms with Crippen LogP contribution in [0, 0.1) is 13.8 Å². The third kappa shape index (κ3) is 4.26. The summed E-state index contributed by atoms with van der Waals surface area (Å²) in [5.41, 5.74) is 5.64. The Morgan fingerprint density at radius 2 is 1.62 bits per heavy atom. The molecule has 2 N–H and O–H groups in total. The number of aryl methyl sites for hydroxylation is 2. The maximum Gasteiger partial charge on any atom is 0.253 e. The smallest absolute Gasteiger partial charge is 0.253 e. The van der Waals surface area contributed by atoms with E-state index in [-0.39, 0.29) is 10.8 Å². The molecule has 5 rings (SSSR count). The number of piperazine rings is 1. The highest BCUT2D eigenvalue weighted by molar-refractivity contribution is 7.89. The van der Waals surface area contributed by atoms with Crippen LogP contribution < -0.4 is 14.9 Å². The number of nitrogens with one attached hydrogen (secondary N) is 2. The third-order valence-electron chi connectivity index (χ3n) is 6.50. The van der Waals surface area contributed by atoms with Crippen molar-refractivity contribution < 1.29 is 13.2 Å². The molecule has 8 heteroatoms. The van der Waals surface area contributed by atoms with Crippen molar-refractivity contribution in [2.45, 2.75) is 24.9 Å². The lowest BCUT2D eigenvalue weighted by Gasteiger charge is -2.37. The predicted molar refractivity (Wildman–Crippen MR) is 134 cm³/mol. The van der Waals surface area contributed by atoms with Crippen molar-refractivity contribution in [3.8, 4) is 0 Å². The minimum absolute atomic E-state index is 0.00522. The van der Waals surface area contributed by atoms with E-state index in [2.05, 4.69) is 47.0 Å². The molecule has 3 aromatic rings. The number of benzene rings is 3. The third-order valence-corrected chi connectivity index (χ3v) is 7.98. The summed E-state index contributed by atoms with van der Waals surface area (Å²) in [5.74, 6) is -0.00522. The first-order chi connectivity index (χ1) is 16.3. The van der Waals surface area contributed by atoms with E-state index in [1.807, 2.05) is 4.90 Å². The van der Waals surface area contributed by atoms with Crippen LogP contribution >= 0.6 is 0 Å². The van der Waals surface area contributed by atoms with Crippen molar-refractivity contribution in [2.24, 2.45) is 0 Å². The molecule has 1 amide bonds. The molecule has 7 nitrogen and oxygen atoms in total. The minimum Gasteiger partial charge on any atom is -0.368 e. The summed E-state index contributed by atoms with van der Waals surface area (Å²) in [6.07, 6.45) is -0.592. The Hall–Kier alpha value is -3.36. The first-order valence-electron chi connectivity index (χ1n) is 11.4. The molecule has 0 aliphatic carbocycles. The molecule has 1 saturated heterocycles. The van der Waals surface area contributed by atoms with Gasteiger partial charge in [-0.05, 0) is 55.3 Å². The normalized spacial score (nSPS) is 19.3. The Labute approximate surface area is 200 Å². The van der Waals surface area contributed by atoms with Gasteiger partial charge in [0.25, 0.3) is 5.91 Å². The van der Waals surface area contributed by atoms with Gasteiger partial charge in [-0.25, -0.2) is 8.42 Å². The van der Waals surface area contributed by atoms with E-state index in [0.29, 0.717) is 24.3 Å². The predicted octanol–water partition coefficient (Wildman–Crippen LogP) is 3.67. The van der Waals surface area contributed by atoms with Crippen molar-refractivity contribution in [3.05, 3.63) is 89.0 Å². The fourth-order valence-corrected chi connectivity index (χ4v) is 5.99. The van der Waals surface area contributed by atoms with Crippen LogP contribution in [-0.2, 0) is 10.0 Å². The van der Waals surface area contributed by atoms with Gasteiger partial charge in [0.2, 0.25) is 10.0 Å². The molecule has 0 spiro atoms. The quantitative estimate of drug-likeness (QED) is 0.603. The van der Waals surface area contributed by atoms with E-state index >= 15 is 0 Å². The molecule has 2 aliphatic rings. The topological polar surface area (TPSA) is 81.8 Å². The second-order valence-corrected chi connectivity index (χ2v) is 10.6. The second kappa shape index (κ2) is 8.77. The number of sulfonamides is 1. The summed E-state index contributed by atoms with van der Waals surface area (Å²) in [6, 6.07) is 20.4. The number of para-hydroxylation sites is 1. The molecule has 1 fully saturated rings. The van der Waals surface area contributed by atoms with Gasteiger partial charge in [-0.2, -0.15) is 4.72 Å². The van der Waals surface area contributed by atoms with Crippen molar-refractivity contribution >= 4 is 27.3 Å². The highest BCUT2D eigenvalue weighted by atomic mass is 32.2. The Morgan fingerprint density at radius 3 is 2.32 bits per heavy atom. The number of amides is 1. The number of hydrogen-bond acceptors (Lipinski definition) is 5. The Kier molecular flexibility index (Phi) is 5.79. The molecule has 34 heavy (non-hydrogen) atoms. The van der Waals surface area contributed by atoms with Crippen molar-refractivity contribution in [2.75, 3.05) is 36.4 Å². The molecular weight excluding hydrogens is 448 g/mol. The maximum absolute atomic E-state index is 13.1. The zero-order chi connectivity index (χ0) is 23.9. The van der Waals surface area contributed by atoms with Crippen molar-refractivity contribution in [1.82, 2.24) is 9.62 Å². The van der Waals surface area contributed by atoms with E-state index in [4.69, 9.17) is 0 Å². The molecule has 176 valence electrons. The minimum atomic E-state index is -3.61. The zero-order valence-corrected chi connectivity index (χ0v) is 20.1. The van der Waals surface area contributed by atoms with Gasteiger partial charge in [0.05, 0.1) is 5.69 Å². The van der Waals surface area contributed by atoms with Gasteiger partial charge in [-0.3, -0.25) is 4.79 Å². The Morgan fingerprint density at radius 1 is 0.912 bits per heavy atom. The molecule has 2 aliphatic heterocycles. The molecule has 0 aromatic heterocycles. The summed E-state index contributed by atoms with van der Waals surface area (Å²) in [6.45, 7) is 7.13. The van der Waals surface area contributed by atoms with Gasteiger partial charge in [0.15, 0.2) is 0 Å². The number of anilines is 2. The Bertz CT molecular complexity index is 1330. The molecule has 0 radical (unpaired) electrons. The average Bonchev–Trinajstić information content (AvgIpc) is 2.83. The first-order valence-corrected chi connectivity index (χ1v) is 12.9. The number of hydrogen-bond donors (Lipinski definition) is 2. The fraction of sp³-hybridized carbons (Fsp3) is 0.269. The second-order valence-electron chi connectivity index (χ2n) is 8.89. The van der Waals surface area contributed by atoms with Crippen LogP contribution in [0.5, 0.6) is 0 Å². The van der Waals surface area contributed by atoms with Crippen LogP contribution in [-0.4, -0.2) is 45.4 Å². The number of rotatable bonds is 3. The summed E-state index contributed by atoms with van der Waals surface area (Å²) >= 11 is 0. The average molecular weight is 477 g/mol. The van der Waals surface area contributed by atoms with Crippen LogP contribution in [0.15, 0.2) is 71.6 Å². The van der Waals surface area contributed by atoms with E-state index in [1.165, 1.54) is 16.8 Å². The largest absolute Gasteiger partial charge is 0.368 e. The molecule has 2 heterocycles. The van der Waals surface area contributed by atoms with E-state index in [1.54, 1.807) is 48.5 Å². The van der Waals surface area contributed by atoms with Gasteiger partial charge in [-0.15, -0.1) is 0 Å². The van der Waals surface area contributed by atoms with Crippen LogP contribution in [0.1, 0.15) is 33.2 Å². The van der Waals surface area contributed by atoms with Gasteiger partial charge >= 0.3 is 0 Å².